The lowest BCUT2D eigenvalue weighted by Gasteiger charge is -2.10. The Morgan fingerprint density at radius 3 is 2.90 bits per heavy atom. The molecule has 0 bridgehead atoms. The quantitative estimate of drug-likeness (QED) is 0.811. The fourth-order valence-electron chi connectivity index (χ4n) is 1.75. The summed E-state index contributed by atoms with van der Waals surface area (Å²) < 4.78 is 1.04. The van der Waals surface area contributed by atoms with Crippen molar-refractivity contribution < 1.29 is 0 Å². The van der Waals surface area contributed by atoms with Gasteiger partial charge in [-0.1, -0.05) is 34.6 Å². The van der Waals surface area contributed by atoms with Gasteiger partial charge in [0, 0.05) is 27.7 Å². The van der Waals surface area contributed by atoms with Crippen molar-refractivity contribution in [2.75, 3.05) is 6.54 Å². The molecule has 1 aromatic carbocycles. The van der Waals surface area contributed by atoms with Crippen molar-refractivity contribution in [3.05, 3.63) is 50.3 Å². The van der Waals surface area contributed by atoms with E-state index in [0.29, 0.717) is 5.16 Å². The fraction of sp³-hybridized carbons (Fsp3) is 0.286. The number of rotatable bonds is 5. The summed E-state index contributed by atoms with van der Waals surface area (Å²) in [6.45, 7) is 5.59. The lowest BCUT2D eigenvalue weighted by Crippen LogP contribution is -2.12. The van der Waals surface area contributed by atoms with Crippen LogP contribution in [-0.4, -0.2) is 16.5 Å². The zero-order chi connectivity index (χ0) is 14.5. The monoisotopic (exact) mass is 353 g/mol. The Hall–Kier alpha value is -1.11. The van der Waals surface area contributed by atoms with Gasteiger partial charge in [-0.2, -0.15) is 0 Å². The summed E-state index contributed by atoms with van der Waals surface area (Å²) in [7, 11) is 0. The maximum atomic E-state index is 11.5. The summed E-state index contributed by atoms with van der Waals surface area (Å²) in [5, 5.41) is 3.93. The highest BCUT2D eigenvalue weighted by atomic mass is 79.9. The average Bonchev–Trinajstić information content (AvgIpc) is 2.38. The molecule has 1 aromatic heterocycles. The van der Waals surface area contributed by atoms with Crippen LogP contribution < -0.4 is 10.9 Å². The van der Waals surface area contributed by atoms with Gasteiger partial charge in [0.15, 0.2) is 5.16 Å². The summed E-state index contributed by atoms with van der Waals surface area (Å²) in [6, 6.07) is 7.60. The number of H-pyrrole nitrogens is 1. The summed E-state index contributed by atoms with van der Waals surface area (Å²) in [5.41, 5.74) is 1.78. The molecule has 0 radical (unpaired) electrons. The number of aryl methyl sites for hydroxylation is 1. The minimum Gasteiger partial charge on any atom is -0.313 e. The number of benzene rings is 1. The molecule has 2 aromatic rings. The summed E-state index contributed by atoms with van der Waals surface area (Å²) in [6.07, 6.45) is 0. The number of nitrogens with one attached hydrogen (secondary N) is 2. The van der Waals surface area contributed by atoms with Gasteiger partial charge in [-0.3, -0.25) is 4.79 Å². The zero-order valence-corrected chi connectivity index (χ0v) is 13.8. The number of hydrogen-bond acceptors (Lipinski definition) is 4. The van der Waals surface area contributed by atoms with Crippen molar-refractivity contribution in [3.8, 4) is 0 Å². The topological polar surface area (TPSA) is 57.8 Å². The van der Waals surface area contributed by atoms with Gasteiger partial charge in [0.2, 0.25) is 0 Å². The number of halogens is 1. The molecule has 0 fully saturated rings. The molecule has 6 heteroatoms. The van der Waals surface area contributed by atoms with E-state index >= 15 is 0 Å². The molecule has 2 N–H and O–H groups in total. The predicted octanol–water partition coefficient (Wildman–Crippen LogP) is 3.10. The Kier molecular flexibility index (Phi) is 5.39. The standard InChI is InChI=1S/C14H16BrN3OS/c1-3-16-8-10-7-11(15)4-5-12(10)20-14-17-9(2)6-13(19)18-14/h4-7,16H,3,8H2,1-2H3,(H,17,18,19). The minimum absolute atomic E-state index is 0.120. The van der Waals surface area contributed by atoms with Crippen LogP contribution in [0.3, 0.4) is 0 Å². The first-order valence-corrected chi connectivity index (χ1v) is 7.94. The van der Waals surface area contributed by atoms with Gasteiger partial charge in [-0.05, 0) is 37.2 Å². The molecule has 0 aliphatic carbocycles. The van der Waals surface area contributed by atoms with Gasteiger partial charge in [-0.25, -0.2) is 4.98 Å². The predicted molar refractivity (Wildman–Crippen MR) is 85.2 cm³/mol. The molecule has 106 valence electrons. The second-order valence-electron chi connectivity index (χ2n) is 4.33. The van der Waals surface area contributed by atoms with Gasteiger partial charge in [0.05, 0.1) is 0 Å². The van der Waals surface area contributed by atoms with Crippen LogP contribution in [0.5, 0.6) is 0 Å². The van der Waals surface area contributed by atoms with Gasteiger partial charge < -0.3 is 10.3 Å². The van der Waals surface area contributed by atoms with Crippen molar-refractivity contribution in [2.24, 2.45) is 0 Å². The molecule has 0 aliphatic heterocycles. The van der Waals surface area contributed by atoms with E-state index < -0.39 is 0 Å². The molecule has 0 aliphatic rings. The largest absolute Gasteiger partial charge is 0.313 e. The van der Waals surface area contributed by atoms with Crippen molar-refractivity contribution in [2.45, 2.75) is 30.4 Å². The van der Waals surface area contributed by atoms with E-state index in [9.17, 15) is 4.79 Å². The summed E-state index contributed by atoms with van der Waals surface area (Å²) in [5.74, 6) is 0. The first kappa shape index (κ1) is 15.3. The molecule has 0 amide bonds. The molecular weight excluding hydrogens is 338 g/mol. The first-order chi connectivity index (χ1) is 9.58. The molecule has 0 spiro atoms. The Balaban J connectivity index is 2.29. The van der Waals surface area contributed by atoms with E-state index in [-0.39, 0.29) is 5.56 Å². The number of aromatic nitrogens is 2. The second-order valence-corrected chi connectivity index (χ2v) is 6.27. The van der Waals surface area contributed by atoms with Crippen LogP contribution in [0, 0.1) is 6.92 Å². The van der Waals surface area contributed by atoms with E-state index in [1.54, 1.807) is 0 Å². The molecular formula is C14H16BrN3OS. The highest BCUT2D eigenvalue weighted by Crippen LogP contribution is 2.29. The van der Waals surface area contributed by atoms with Crippen molar-refractivity contribution in [1.82, 2.24) is 15.3 Å². The third-order valence-corrected chi connectivity index (χ3v) is 4.14. The Morgan fingerprint density at radius 1 is 1.40 bits per heavy atom. The molecule has 1 heterocycles. The average molecular weight is 354 g/mol. The van der Waals surface area contributed by atoms with Crippen LogP contribution >= 0.6 is 27.7 Å². The smallest absolute Gasteiger partial charge is 0.251 e. The molecule has 0 saturated heterocycles. The van der Waals surface area contributed by atoms with Gasteiger partial charge in [0.1, 0.15) is 0 Å². The van der Waals surface area contributed by atoms with Crippen molar-refractivity contribution in [1.29, 1.82) is 0 Å². The third-order valence-electron chi connectivity index (χ3n) is 2.64. The van der Waals surface area contributed by atoms with E-state index in [1.165, 1.54) is 23.4 Å². The minimum atomic E-state index is -0.120. The van der Waals surface area contributed by atoms with Crippen LogP contribution in [-0.2, 0) is 6.54 Å². The summed E-state index contributed by atoms with van der Waals surface area (Å²) in [4.78, 5) is 19.7. The number of hydrogen-bond donors (Lipinski definition) is 2. The molecule has 2 rings (SSSR count). The lowest BCUT2D eigenvalue weighted by atomic mass is 10.2. The second kappa shape index (κ2) is 7.06. The van der Waals surface area contributed by atoms with Crippen LogP contribution in [0.2, 0.25) is 0 Å². The van der Waals surface area contributed by atoms with E-state index in [1.807, 2.05) is 19.1 Å². The fourth-order valence-corrected chi connectivity index (χ4v) is 3.11. The Morgan fingerprint density at radius 2 is 2.20 bits per heavy atom. The van der Waals surface area contributed by atoms with E-state index in [2.05, 4.69) is 44.2 Å². The maximum Gasteiger partial charge on any atom is 0.251 e. The molecule has 0 atom stereocenters. The van der Waals surface area contributed by atoms with Crippen molar-refractivity contribution in [3.63, 3.8) is 0 Å². The Bertz CT molecular complexity index is 657. The maximum absolute atomic E-state index is 11.5. The van der Waals surface area contributed by atoms with Gasteiger partial charge in [0.25, 0.3) is 5.56 Å². The third kappa shape index (κ3) is 4.19. The first-order valence-electron chi connectivity index (χ1n) is 6.33. The normalized spacial score (nSPS) is 10.8. The van der Waals surface area contributed by atoms with E-state index in [0.717, 1.165) is 28.2 Å². The highest BCUT2D eigenvalue weighted by molar-refractivity contribution is 9.10. The SMILES string of the molecule is CCNCc1cc(Br)ccc1Sc1nc(C)cc(=O)[nH]1. The zero-order valence-electron chi connectivity index (χ0n) is 11.4. The van der Waals surface area contributed by atoms with Crippen LogP contribution in [0.1, 0.15) is 18.2 Å². The lowest BCUT2D eigenvalue weighted by molar-refractivity contribution is 0.717. The van der Waals surface area contributed by atoms with Crippen LogP contribution in [0.4, 0.5) is 0 Å². The summed E-state index contributed by atoms with van der Waals surface area (Å²) >= 11 is 4.96. The molecule has 4 nitrogen and oxygen atoms in total. The van der Waals surface area contributed by atoms with Crippen LogP contribution in [0.25, 0.3) is 0 Å². The molecule has 0 saturated carbocycles. The highest BCUT2D eigenvalue weighted by Gasteiger charge is 2.07. The molecule has 20 heavy (non-hydrogen) atoms. The molecule has 0 unspecified atom stereocenters. The van der Waals surface area contributed by atoms with Crippen molar-refractivity contribution >= 4 is 27.7 Å². The number of nitrogens with zero attached hydrogens (tertiary/aromatic N) is 1. The van der Waals surface area contributed by atoms with Gasteiger partial charge in [-0.15, -0.1) is 0 Å². The van der Waals surface area contributed by atoms with Crippen LogP contribution in [0.15, 0.2) is 43.6 Å². The van der Waals surface area contributed by atoms with Gasteiger partial charge >= 0.3 is 0 Å². The Labute approximate surface area is 130 Å². The van der Waals surface area contributed by atoms with E-state index in [4.69, 9.17) is 0 Å². The number of aromatic amines is 1.